The molecule has 1 N–H and O–H groups in total. The predicted octanol–water partition coefficient (Wildman–Crippen LogP) is 7.26. The number of likely N-dealkylation sites (tertiary alicyclic amines) is 2. The predicted molar refractivity (Wildman–Crippen MR) is 220 cm³/mol. The van der Waals surface area contributed by atoms with E-state index in [2.05, 4.69) is 9.97 Å². The van der Waals surface area contributed by atoms with Crippen LogP contribution in [0, 0.1) is 0 Å². The Balaban J connectivity index is 0.933. The number of H-pyrrole nitrogens is 1. The Bertz CT molecular complexity index is 2350. The van der Waals surface area contributed by atoms with Gasteiger partial charge in [0, 0.05) is 30.6 Å². The molecule has 11 heteroatoms. The number of ketones is 1. The van der Waals surface area contributed by atoms with E-state index in [0.717, 1.165) is 63.9 Å². The third-order valence-corrected chi connectivity index (χ3v) is 11.4. The normalized spacial score (nSPS) is 18.1. The first kappa shape index (κ1) is 38.0. The van der Waals surface area contributed by atoms with E-state index in [9.17, 15) is 14.4 Å². The van der Waals surface area contributed by atoms with Crippen LogP contribution in [0.2, 0.25) is 0 Å². The summed E-state index contributed by atoms with van der Waals surface area (Å²) < 4.78 is 6.25. The molecule has 2 aliphatic heterocycles. The van der Waals surface area contributed by atoms with Crippen LogP contribution >= 0.6 is 0 Å². The van der Waals surface area contributed by atoms with E-state index in [-0.39, 0.29) is 36.1 Å². The fourth-order valence-corrected chi connectivity index (χ4v) is 8.55. The van der Waals surface area contributed by atoms with Gasteiger partial charge in [-0.25, -0.2) is 9.97 Å². The minimum atomic E-state index is -0.440. The highest BCUT2D eigenvalue weighted by Gasteiger charge is 2.39. The molecule has 6 aromatic rings. The fourth-order valence-electron chi connectivity index (χ4n) is 8.55. The van der Waals surface area contributed by atoms with Crippen LogP contribution in [-0.4, -0.2) is 99.5 Å². The molecule has 2 aromatic heterocycles. The number of hydrogen-bond donors (Lipinski definition) is 1. The lowest BCUT2D eigenvalue weighted by atomic mass is 9.99. The molecule has 2 saturated heterocycles. The monoisotopic (exact) mass is 763 g/mol. The van der Waals surface area contributed by atoms with Crippen LogP contribution in [0.15, 0.2) is 114 Å². The van der Waals surface area contributed by atoms with Crippen molar-refractivity contribution in [2.75, 3.05) is 41.3 Å². The van der Waals surface area contributed by atoms with Crippen LogP contribution in [-0.2, 0) is 20.8 Å². The summed E-state index contributed by atoms with van der Waals surface area (Å²) in [4.78, 5) is 62.1. The average molecular weight is 764 g/mol. The number of imidazole rings is 1. The van der Waals surface area contributed by atoms with Gasteiger partial charge in [-0.2, -0.15) is 0 Å². The number of amides is 2. The summed E-state index contributed by atoms with van der Waals surface area (Å²) in [6.45, 7) is 1.27. The standard InChI is InChI=1S/C46H49N7O4/c1-50(2)41(31-13-7-5-8-14-31)45(55)52-25-11-17-37(52)39(54)27-30-19-21-33(22-20-30)44-47-29-40(57-44)34-23-24-35-36(28-34)49-43(48-35)38-18-12-26-53(38)46(56)42(51(3)4)32-15-9-6-10-16-32/h5-10,13-16,19-24,28-29,37-38,41-42H,11-12,17-18,25-27H2,1-4H3,(H,48,49)/t37?,38-,41+,42+/m0/s1. The van der Waals surface area contributed by atoms with Crippen molar-refractivity contribution in [3.63, 3.8) is 0 Å². The van der Waals surface area contributed by atoms with Gasteiger partial charge >= 0.3 is 0 Å². The van der Waals surface area contributed by atoms with Crippen LogP contribution < -0.4 is 0 Å². The maximum atomic E-state index is 14.0. The molecule has 4 heterocycles. The second-order valence-electron chi connectivity index (χ2n) is 15.7. The molecule has 2 aliphatic rings. The molecule has 4 aromatic carbocycles. The summed E-state index contributed by atoms with van der Waals surface area (Å²) in [6, 6.07) is 31.9. The highest BCUT2D eigenvalue weighted by molar-refractivity contribution is 5.93. The number of oxazole rings is 1. The molecular weight excluding hydrogens is 715 g/mol. The lowest BCUT2D eigenvalue weighted by Gasteiger charge is -2.31. The summed E-state index contributed by atoms with van der Waals surface area (Å²) >= 11 is 0. The second kappa shape index (κ2) is 16.3. The summed E-state index contributed by atoms with van der Waals surface area (Å²) in [5.41, 5.74) is 6.11. The van der Waals surface area contributed by atoms with Crippen LogP contribution in [0.25, 0.3) is 33.8 Å². The summed E-state index contributed by atoms with van der Waals surface area (Å²) in [6.07, 6.45) is 5.20. The number of nitrogens with one attached hydrogen (secondary N) is 1. The molecular formula is C46H49N7O4. The first-order chi connectivity index (χ1) is 27.7. The second-order valence-corrected chi connectivity index (χ2v) is 15.7. The van der Waals surface area contributed by atoms with Crippen LogP contribution in [0.3, 0.4) is 0 Å². The van der Waals surface area contributed by atoms with Crippen molar-refractivity contribution in [3.8, 4) is 22.8 Å². The maximum Gasteiger partial charge on any atom is 0.245 e. The van der Waals surface area contributed by atoms with Crippen LogP contribution in [0.5, 0.6) is 0 Å². The van der Waals surface area contributed by atoms with E-state index >= 15 is 0 Å². The molecule has 57 heavy (non-hydrogen) atoms. The van der Waals surface area contributed by atoms with E-state index in [0.29, 0.717) is 31.2 Å². The molecule has 4 atom stereocenters. The number of fused-ring (bicyclic) bond motifs is 1. The van der Waals surface area contributed by atoms with E-state index in [1.165, 1.54) is 0 Å². The molecule has 2 amide bonds. The number of aromatic amines is 1. The highest BCUT2D eigenvalue weighted by atomic mass is 16.4. The number of aromatic nitrogens is 3. The third-order valence-electron chi connectivity index (χ3n) is 11.4. The third kappa shape index (κ3) is 7.77. The topological polar surface area (TPSA) is 119 Å². The van der Waals surface area contributed by atoms with Gasteiger partial charge in [0.2, 0.25) is 17.7 Å². The summed E-state index contributed by atoms with van der Waals surface area (Å²) in [7, 11) is 7.69. The quantitative estimate of drug-likeness (QED) is 0.139. The van der Waals surface area contributed by atoms with Gasteiger partial charge in [-0.15, -0.1) is 0 Å². The van der Waals surface area contributed by atoms with Gasteiger partial charge in [-0.05, 0) is 101 Å². The lowest BCUT2D eigenvalue weighted by molar-refractivity contribution is -0.141. The van der Waals surface area contributed by atoms with E-state index in [4.69, 9.17) is 9.40 Å². The average Bonchev–Trinajstić information content (AvgIpc) is 4.05. The number of rotatable bonds is 12. The van der Waals surface area contributed by atoms with Gasteiger partial charge in [-0.1, -0.05) is 72.8 Å². The Morgan fingerprint density at radius 3 is 2.00 bits per heavy atom. The molecule has 0 radical (unpaired) electrons. The molecule has 292 valence electrons. The van der Waals surface area contributed by atoms with Gasteiger partial charge in [-0.3, -0.25) is 24.2 Å². The zero-order valence-corrected chi connectivity index (χ0v) is 33.0. The molecule has 11 nitrogen and oxygen atoms in total. The number of benzene rings is 4. The van der Waals surface area contributed by atoms with Gasteiger partial charge in [0.1, 0.15) is 17.9 Å². The zero-order valence-electron chi connectivity index (χ0n) is 33.0. The van der Waals surface area contributed by atoms with Crippen LogP contribution in [0.4, 0.5) is 0 Å². The largest absolute Gasteiger partial charge is 0.436 e. The molecule has 2 fully saturated rings. The number of carbonyl (C=O) groups excluding carboxylic acids is 3. The van der Waals surface area contributed by atoms with Crippen molar-refractivity contribution in [2.24, 2.45) is 0 Å². The molecule has 0 saturated carbocycles. The van der Waals surface area contributed by atoms with Gasteiger partial charge in [0.05, 0.1) is 29.3 Å². The van der Waals surface area contributed by atoms with Crippen molar-refractivity contribution in [1.29, 1.82) is 0 Å². The van der Waals surface area contributed by atoms with Crippen molar-refractivity contribution in [2.45, 2.75) is 56.3 Å². The smallest absolute Gasteiger partial charge is 0.245 e. The number of carbonyl (C=O) groups is 3. The molecule has 0 aliphatic carbocycles. The minimum Gasteiger partial charge on any atom is -0.436 e. The number of likely N-dealkylation sites (N-methyl/N-ethyl adjacent to an activating group) is 2. The van der Waals surface area contributed by atoms with E-state index < -0.39 is 12.1 Å². The lowest BCUT2D eigenvalue weighted by Crippen LogP contribution is -2.46. The number of hydrogen-bond acceptors (Lipinski definition) is 8. The summed E-state index contributed by atoms with van der Waals surface area (Å²) in [5, 5.41) is 0. The molecule has 0 bridgehead atoms. The van der Waals surface area contributed by atoms with Crippen molar-refractivity contribution >= 4 is 28.6 Å². The first-order valence-electron chi connectivity index (χ1n) is 19.8. The Morgan fingerprint density at radius 1 is 0.754 bits per heavy atom. The van der Waals surface area contributed by atoms with Gasteiger partial charge in [0.25, 0.3) is 0 Å². The molecule has 1 unspecified atom stereocenters. The maximum absolute atomic E-state index is 14.0. The fraction of sp³-hybridized carbons (Fsp3) is 0.326. The minimum absolute atomic E-state index is 0.0333. The Morgan fingerprint density at radius 2 is 1.35 bits per heavy atom. The number of nitrogens with zero attached hydrogens (tertiary/aromatic N) is 6. The molecule has 8 rings (SSSR count). The summed E-state index contributed by atoms with van der Waals surface area (Å²) in [5.74, 6) is 1.97. The van der Waals surface area contributed by atoms with Crippen LogP contribution in [0.1, 0.15) is 66.3 Å². The highest BCUT2D eigenvalue weighted by Crippen LogP contribution is 2.36. The van der Waals surface area contributed by atoms with Crippen molar-refractivity contribution < 1.29 is 18.8 Å². The van der Waals surface area contributed by atoms with Crippen molar-refractivity contribution in [3.05, 3.63) is 132 Å². The Hall–Kier alpha value is -5.91. The molecule has 0 spiro atoms. The van der Waals surface area contributed by atoms with Crippen molar-refractivity contribution in [1.82, 2.24) is 34.6 Å². The van der Waals surface area contributed by atoms with E-state index in [1.807, 2.05) is 146 Å². The zero-order chi connectivity index (χ0) is 39.6. The van der Waals surface area contributed by atoms with Gasteiger partial charge < -0.3 is 19.2 Å². The van der Waals surface area contributed by atoms with Gasteiger partial charge in [0.15, 0.2) is 11.5 Å². The Kier molecular flexibility index (Phi) is 10.9. The SMILES string of the molecule is CN(C)[C@@H](C(=O)N1CCCC1C(=O)Cc1ccc(-c2ncc(-c3ccc4nc([C@@H]5CCCN5C(=O)[C@@H](c5ccccc5)N(C)C)[nH]c4c3)o2)cc1)c1ccccc1. The van der Waals surface area contributed by atoms with E-state index in [1.54, 1.807) is 11.1 Å². The first-order valence-corrected chi connectivity index (χ1v) is 19.8. The number of Topliss-reactive ketones (excluding diaryl/α,β-unsaturated/α-hetero) is 1. The Labute approximate surface area is 333 Å².